The molecule has 0 saturated carbocycles. The van der Waals surface area contributed by atoms with Crippen LogP contribution >= 0.6 is 0 Å². The maximum Gasteiger partial charge on any atom is 0.119 e. The van der Waals surface area contributed by atoms with E-state index in [9.17, 15) is 0 Å². The number of anilines is 1. The molecule has 14 heteroatoms. The van der Waals surface area contributed by atoms with Crippen LogP contribution in [0.1, 0.15) is 57.4 Å². The van der Waals surface area contributed by atoms with Gasteiger partial charge < -0.3 is 67.3 Å². The van der Waals surface area contributed by atoms with Gasteiger partial charge in [0.25, 0.3) is 0 Å². The molecule has 2 aromatic carbocycles. The lowest BCUT2D eigenvalue weighted by Crippen LogP contribution is -2.15. The summed E-state index contributed by atoms with van der Waals surface area (Å²) in [6.07, 6.45) is 10.5. The van der Waals surface area contributed by atoms with Crippen LogP contribution in [-0.4, -0.2) is 159 Å². The molecule has 0 spiro atoms. The van der Waals surface area contributed by atoms with Gasteiger partial charge in [0.15, 0.2) is 0 Å². The van der Waals surface area contributed by atoms with Gasteiger partial charge in [-0.25, -0.2) is 0 Å². The molecule has 0 fully saturated rings. The van der Waals surface area contributed by atoms with Crippen molar-refractivity contribution in [1.82, 2.24) is 0 Å². The smallest absolute Gasteiger partial charge is 0.119 e. The molecule has 59 heavy (non-hydrogen) atoms. The molecule has 340 valence electrons. The molecule has 0 bridgehead atoms. The summed E-state index contributed by atoms with van der Waals surface area (Å²) in [6.45, 7) is 14.4. The highest BCUT2D eigenvalue weighted by Gasteiger charge is 2.00. The summed E-state index contributed by atoms with van der Waals surface area (Å²) in [5.74, 6) is 1.66. The third-order valence-corrected chi connectivity index (χ3v) is 8.59. The van der Waals surface area contributed by atoms with Gasteiger partial charge in [-0.15, -0.1) is 0 Å². The Labute approximate surface area is 354 Å². The van der Waals surface area contributed by atoms with Crippen molar-refractivity contribution in [2.45, 2.75) is 58.3 Å². The lowest BCUT2D eigenvalue weighted by molar-refractivity contribution is -0.0279. The van der Waals surface area contributed by atoms with Gasteiger partial charge in [-0.05, 0) is 54.8 Å². The highest BCUT2D eigenvalue weighted by molar-refractivity contribution is 5.41. The van der Waals surface area contributed by atoms with E-state index in [1.54, 1.807) is 12.1 Å². The number of hydrogen-bond donors (Lipinski definition) is 1. The summed E-state index contributed by atoms with van der Waals surface area (Å²) in [7, 11) is 0. The summed E-state index contributed by atoms with van der Waals surface area (Å²) in [5, 5.41) is 0. The molecular formula is C45H77NO13. The van der Waals surface area contributed by atoms with Gasteiger partial charge in [0.2, 0.25) is 0 Å². The van der Waals surface area contributed by atoms with Crippen molar-refractivity contribution in [3.63, 3.8) is 0 Å². The molecular weight excluding hydrogens is 762 g/mol. The summed E-state index contributed by atoms with van der Waals surface area (Å²) >= 11 is 0. The molecule has 2 aromatic rings. The zero-order valence-corrected chi connectivity index (χ0v) is 36.1. The molecule has 0 atom stereocenters. The summed E-state index contributed by atoms with van der Waals surface area (Å²) in [5.41, 5.74) is 7.74. The van der Waals surface area contributed by atoms with E-state index in [-0.39, 0.29) is 0 Å². The Balaban J connectivity index is 1.16. The SMILES string of the molecule is CCCCCCCCCc1ccc(OCCOCCOCCOCCOCCOCCOCCOCCOCCOCCOCCOCCOc2ccc(N)cc2)cc1. The minimum Gasteiger partial charge on any atom is -0.491 e. The fraction of sp³-hybridized carbons (Fsp3) is 0.733. The van der Waals surface area contributed by atoms with Crippen molar-refractivity contribution in [2.24, 2.45) is 0 Å². The molecule has 0 aliphatic carbocycles. The number of aryl methyl sites for hydroxylation is 1. The maximum atomic E-state index is 5.79. The molecule has 0 saturated heterocycles. The van der Waals surface area contributed by atoms with Gasteiger partial charge in [-0.2, -0.15) is 0 Å². The second kappa shape index (κ2) is 42.1. The van der Waals surface area contributed by atoms with E-state index in [0.29, 0.717) is 164 Å². The van der Waals surface area contributed by atoms with E-state index in [4.69, 9.17) is 67.3 Å². The minimum atomic E-state index is 0.474. The van der Waals surface area contributed by atoms with Crippen molar-refractivity contribution >= 4 is 5.69 Å². The van der Waals surface area contributed by atoms with Crippen molar-refractivity contribution in [2.75, 3.05) is 164 Å². The van der Waals surface area contributed by atoms with Crippen molar-refractivity contribution in [1.29, 1.82) is 0 Å². The molecule has 0 aromatic heterocycles. The topological polar surface area (TPSA) is 146 Å². The van der Waals surface area contributed by atoms with Gasteiger partial charge >= 0.3 is 0 Å². The van der Waals surface area contributed by atoms with Crippen LogP contribution in [0, 0.1) is 0 Å². The summed E-state index contributed by atoms with van der Waals surface area (Å²) in [4.78, 5) is 0. The summed E-state index contributed by atoms with van der Waals surface area (Å²) in [6, 6.07) is 15.7. The zero-order chi connectivity index (χ0) is 41.8. The Morgan fingerprint density at radius 2 is 0.559 bits per heavy atom. The Morgan fingerprint density at radius 3 is 0.864 bits per heavy atom. The number of benzene rings is 2. The Morgan fingerprint density at radius 1 is 0.305 bits per heavy atom. The normalized spacial score (nSPS) is 11.4. The van der Waals surface area contributed by atoms with E-state index in [1.807, 2.05) is 12.1 Å². The monoisotopic (exact) mass is 840 g/mol. The predicted octanol–water partition coefficient (Wildman–Crippen LogP) is 6.20. The largest absolute Gasteiger partial charge is 0.491 e. The average molecular weight is 840 g/mol. The fourth-order valence-electron chi connectivity index (χ4n) is 5.34. The quantitative estimate of drug-likeness (QED) is 0.0596. The molecule has 0 aliphatic heterocycles. The van der Waals surface area contributed by atoms with Crippen LogP contribution in [0.15, 0.2) is 48.5 Å². The van der Waals surface area contributed by atoms with Crippen LogP contribution < -0.4 is 15.2 Å². The molecule has 2 rings (SSSR count). The first kappa shape index (κ1) is 52.5. The van der Waals surface area contributed by atoms with Gasteiger partial charge in [0.1, 0.15) is 24.7 Å². The second-order valence-corrected chi connectivity index (χ2v) is 13.5. The van der Waals surface area contributed by atoms with Crippen molar-refractivity contribution in [3.05, 3.63) is 54.1 Å². The standard InChI is InChI=1S/C45H77NO13/c1-2-3-4-5-6-7-8-9-42-10-14-44(15-11-42)58-40-38-56-36-34-54-32-30-52-28-26-50-24-22-48-20-18-47-19-21-49-23-25-51-27-29-53-31-33-55-35-37-57-39-41-59-45-16-12-43(46)13-17-45/h10-17H,2-9,18-41,46H2,1H3. The van der Waals surface area contributed by atoms with Crippen LogP contribution in [0.2, 0.25) is 0 Å². The van der Waals surface area contributed by atoms with E-state index >= 15 is 0 Å². The van der Waals surface area contributed by atoms with Crippen LogP contribution in [0.5, 0.6) is 11.5 Å². The van der Waals surface area contributed by atoms with E-state index in [1.165, 1.54) is 50.5 Å². The van der Waals surface area contributed by atoms with Crippen LogP contribution in [0.25, 0.3) is 0 Å². The van der Waals surface area contributed by atoms with Crippen molar-refractivity contribution in [3.8, 4) is 11.5 Å². The van der Waals surface area contributed by atoms with Crippen LogP contribution in [0.4, 0.5) is 5.69 Å². The Kier molecular flexibility index (Phi) is 37.5. The third-order valence-electron chi connectivity index (χ3n) is 8.59. The lowest BCUT2D eigenvalue weighted by Gasteiger charge is -2.09. The summed E-state index contributed by atoms with van der Waals surface area (Å²) < 4.78 is 72.1. The molecule has 0 amide bonds. The van der Waals surface area contributed by atoms with Gasteiger partial charge in [-0.3, -0.25) is 0 Å². The molecule has 2 N–H and O–H groups in total. The zero-order valence-electron chi connectivity index (χ0n) is 36.1. The number of nitrogen functional groups attached to an aromatic ring is 1. The third kappa shape index (κ3) is 35.8. The molecule has 0 aliphatic rings. The van der Waals surface area contributed by atoms with Gasteiger partial charge in [0.05, 0.1) is 145 Å². The lowest BCUT2D eigenvalue weighted by atomic mass is 10.0. The Hall–Kier alpha value is -2.60. The Bertz CT molecular complexity index is 1130. The average Bonchev–Trinajstić information content (AvgIpc) is 3.25. The molecule has 0 unspecified atom stereocenters. The highest BCUT2D eigenvalue weighted by Crippen LogP contribution is 2.16. The van der Waals surface area contributed by atoms with E-state index < -0.39 is 0 Å². The number of hydrogen-bond acceptors (Lipinski definition) is 14. The predicted molar refractivity (Wildman–Crippen MR) is 229 cm³/mol. The number of unbranched alkanes of at least 4 members (excludes halogenated alkanes) is 6. The van der Waals surface area contributed by atoms with Gasteiger partial charge in [-0.1, -0.05) is 57.6 Å². The molecule has 0 heterocycles. The highest BCUT2D eigenvalue weighted by atomic mass is 16.6. The number of nitrogens with two attached hydrogens (primary N) is 1. The van der Waals surface area contributed by atoms with Gasteiger partial charge in [0, 0.05) is 5.69 Å². The van der Waals surface area contributed by atoms with E-state index in [0.717, 1.165) is 17.9 Å². The second-order valence-electron chi connectivity index (χ2n) is 13.5. The minimum absolute atomic E-state index is 0.474. The first-order valence-corrected chi connectivity index (χ1v) is 21.8. The number of rotatable bonds is 46. The molecule has 14 nitrogen and oxygen atoms in total. The first-order valence-electron chi connectivity index (χ1n) is 21.8. The first-order chi connectivity index (χ1) is 29.3. The van der Waals surface area contributed by atoms with Crippen molar-refractivity contribution < 1.29 is 61.6 Å². The maximum absolute atomic E-state index is 5.79. The van der Waals surface area contributed by atoms with Crippen LogP contribution in [-0.2, 0) is 58.5 Å². The molecule has 0 radical (unpaired) electrons. The van der Waals surface area contributed by atoms with E-state index in [2.05, 4.69) is 31.2 Å². The number of ether oxygens (including phenoxy) is 13. The fourth-order valence-corrected chi connectivity index (χ4v) is 5.34. The van der Waals surface area contributed by atoms with Crippen LogP contribution in [0.3, 0.4) is 0 Å².